The molecule has 0 fully saturated rings. The van der Waals surface area contributed by atoms with Crippen LogP contribution in [0.25, 0.3) is 16.9 Å². The number of nitrogens with zero attached hydrogens (tertiary/aromatic N) is 2. The predicted octanol–water partition coefficient (Wildman–Crippen LogP) is 2.91. The van der Waals surface area contributed by atoms with Crippen molar-refractivity contribution < 1.29 is 14.3 Å². The van der Waals surface area contributed by atoms with Gasteiger partial charge in [0.15, 0.2) is 0 Å². The molecule has 25 heavy (non-hydrogen) atoms. The van der Waals surface area contributed by atoms with Crippen molar-refractivity contribution in [3.8, 4) is 11.3 Å². The number of methoxy groups -OCH3 is 1. The van der Waals surface area contributed by atoms with Gasteiger partial charge in [-0.1, -0.05) is 36.4 Å². The standard InChI is InChI=1S/C19H21N3O3/c1-14-7-6-10-22-18(14)21-17(15-8-4-3-5-9-15)19(22)20-16(23)13-25-12-11-24-2/h3-10H,11-13H2,1-2H3,(H,20,23). The van der Waals surface area contributed by atoms with Crippen molar-refractivity contribution >= 4 is 17.4 Å². The van der Waals surface area contributed by atoms with Crippen molar-refractivity contribution in [3.05, 3.63) is 54.2 Å². The molecule has 3 rings (SSSR count). The van der Waals surface area contributed by atoms with E-state index in [-0.39, 0.29) is 12.5 Å². The van der Waals surface area contributed by atoms with Gasteiger partial charge in [-0.15, -0.1) is 0 Å². The molecule has 0 radical (unpaired) electrons. The highest BCUT2D eigenvalue weighted by Gasteiger charge is 2.17. The van der Waals surface area contributed by atoms with Crippen molar-refractivity contribution in [2.75, 3.05) is 32.2 Å². The van der Waals surface area contributed by atoms with E-state index in [9.17, 15) is 4.79 Å². The summed E-state index contributed by atoms with van der Waals surface area (Å²) in [6.45, 7) is 2.80. The Morgan fingerprint density at radius 1 is 1.16 bits per heavy atom. The molecule has 6 nitrogen and oxygen atoms in total. The van der Waals surface area contributed by atoms with Crippen molar-refractivity contribution in [2.45, 2.75) is 6.92 Å². The van der Waals surface area contributed by atoms with Gasteiger partial charge < -0.3 is 14.8 Å². The van der Waals surface area contributed by atoms with Crippen molar-refractivity contribution in [3.63, 3.8) is 0 Å². The molecule has 0 saturated heterocycles. The van der Waals surface area contributed by atoms with Crippen LogP contribution in [-0.2, 0) is 14.3 Å². The lowest BCUT2D eigenvalue weighted by molar-refractivity contribution is -0.121. The van der Waals surface area contributed by atoms with Crippen LogP contribution in [0.5, 0.6) is 0 Å². The minimum Gasteiger partial charge on any atom is -0.382 e. The first kappa shape index (κ1) is 17.1. The molecule has 2 heterocycles. The second-order valence-electron chi connectivity index (χ2n) is 5.65. The van der Waals surface area contributed by atoms with Crippen LogP contribution < -0.4 is 5.32 Å². The smallest absolute Gasteiger partial charge is 0.251 e. The van der Waals surface area contributed by atoms with Crippen LogP contribution in [0.4, 0.5) is 5.82 Å². The Hall–Kier alpha value is -2.70. The average molecular weight is 339 g/mol. The first-order valence-corrected chi connectivity index (χ1v) is 8.10. The fraction of sp³-hybridized carbons (Fsp3) is 0.263. The summed E-state index contributed by atoms with van der Waals surface area (Å²) >= 11 is 0. The maximum absolute atomic E-state index is 12.3. The number of hydrogen-bond acceptors (Lipinski definition) is 4. The summed E-state index contributed by atoms with van der Waals surface area (Å²) in [5.74, 6) is 0.418. The molecule has 3 aromatic rings. The molecular formula is C19H21N3O3. The first-order valence-electron chi connectivity index (χ1n) is 8.10. The third-order valence-corrected chi connectivity index (χ3v) is 3.82. The maximum Gasteiger partial charge on any atom is 0.251 e. The van der Waals surface area contributed by atoms with Crippen LogP contribution in [0.15, 0.2) is 48.7 Å². The molecule has 0 unspecified atom stereocenters. The third-order valence-electron chi connectivity index (χ3n) is 3.82. The molecular weight excluding hydrogens is 318 g/mol. The molecule has 0 aliphatic carbocycles. The summed E-state index contributed by atoms with van der Waals surface area (Å²) in [4.78, 5) is 17.0. The number of nitrogens with one attached hydrogen (secondary N) is 1. The van der Waals surface area contributed by atoms with Crippen molar-refractivity contribution in [1.29, 1.82) is 0 Å². The normalized spacial score (nSPS) is 11.0. The molecule has 0 aliphatic rings. The fourth-order valence-corrected chi connectivity index (χ4v) is 2.60. The largest absolute Gasteiger partial charge is 0.382 e. The van der Waals surface area contributed by atoms with Crippen LogP contribution >= 0.6 is 0 Å². The molecule has 0 atom stereocenters. The van der Waals surface area contributed by atoms with E-state index in [0.717, 1.165) is 22.5 Å². The average Bonchev–Trinajstić information content (AvgIpc) is 2.99. The summed E-state index contributed by atoms with van der Waals surface area (Å²) in [5, 5.41) is 2.93. The molecule has 1 amide bonds. The van der Waals surface area contributed by atoms with E-state index >= 15 is 0 Å². The molecule has 1 N–H and O–H groups in total. The van der Waals surface area contributed by atoms with Crippen LogP contribution in [0.3, 0.4) is 0 Å². The van der Waals surface area contributed by atoms with Gasteiger partial charge >= 0.3 is 0 Å². The van der Waals surface area contributed by atoms with Crippen molar-refractivity contribution in [2.24, 2.45) is 0 Å². The van der Waals surface area contributed by atoms with Crippen LogP contribution in [-0.4, -0.2) is 42.2 Å². The second-order valence-corrected chi connectivity index (χ2v) is 5.65. The van der Waals surface area contributed by atoms with Gasteiger partial charge in [-0.25, -0.2) is 4.98 Å². The number of amides is 1. The molecule has 0 aliphatic heterocycles. The van der Waals surface area contributed by atoms with E-state index in [4.69, 9.17) is 14.5 Å². The highest BCUT2D eigenvalue weighted by molar-refractivity contribution is 5.95. The maximum atomic E-state index is 12.3. The number of rotatable bonds is 7. The number of pyridine rings is 1. The number of hydrogen-bond donors (Lipinski definition) is 1. The van der Waals surface area contributed by atoms with Gasteiger partial charge in [-0.2, -0.15) is 0 Å². The number of carbonyl (C=O) groups excluding carboxylic acids is 1. The number of anilines is 1. The summed E-state index contributed by atoms with van der Waals surface area (Å²) in [6.07, 6.45) is 1.89. The molecule has 2 aromatic heterocycles. The van der Waals surface area contributed by atoms with Gasteiger partial charge in [0.25, 0.3) is 5.91 Å². The third kappa shape index (κ3) is 3.87. The predicted molar refractivity (Wildman–Crippen MR) is 96.7 cm³/mol. The lowest BCUT2D eigenvalue weighted by atomic mass is 10.1. The van der Waals surface area contributed by atoms with E-state index < -0.39 is 0 Å². The summed E-state index contributed by atoms with van der Waals surface area (Å²) < 4.78 is 12.1. The van der Waals surface area contributed by atoms with E-state index in [0.29, 0.717) is 19.0 Å². The Kier molecular flexibility index (Phi) is 5.42. The van der Waals surface area contributed by atoms with Crippen LogP contribution in [0, 0.1) is 6.92 Å². The zero-order chi connectivity index (χ0) is 17.6. The number of aryl methyl sites for hydroxylation is 1. The lowest BCUT2D eigenvalue weighted by Gasteiger charge is -2.08. The van der Waals surface area contributed by atoms with E-state index in [2.05, 4.69) is 5.32 Å². The second kappa shape index (κ2) is 7.92. The number of aromatic nitrogens is 2. The van der Waals surface area contributed by atoms with Gasteiger partial charge in [-0.05, 0) is 18.6 Å². The monoisotopic (exact) mass is 339 g/mol. The molecule has 130 valence electrons. The Labute approximate surface area is 146 Å². The number of ether oxygens (including phenoxy) is 2. The molecule has 0 saturated carbocycles. The summed E-state index contributed by atoms with van der Waals surface area (Å²) in [5.41, 5.74) is 3.54. The van der Waals surface area contributed by atoms with E-state index in [1.54, 1.807) is 7.11 Å². The number of fused-ring (bicyclic) bond motifs is 1. The van der Waals surface area contributed by atoms with Gasteiger partial charge in [0, 0.05) is 18.9 Å². The SMILES string of the molecule is COCCOCC(=O)Nc1c(-c2ccccc2)nc2c(C)cccn12. The van der Waals surface area contributed by atoms with E-state index in [1.165, 1.54) is 0 Å². The Morgan fingerprint density at radius 2 is 1.96 bits per heavy atom. The summed E-state index contributed by atoms with van der Waals surface area (Å²) in [6, 6.07) is 13.7. The van der Waals surface area contributed by atoms with E-state index in [1.807, 2.05) is 60.0 Å². The lowest BCUT2D eigenvalue weighted by Crippen LogP contribution is -2.20. The summed E-state index contributed by atoms with van der Waals surface area (Å²) in [7, 11) is 1.59. The topological polar surface area (TPSA) is 64.9 Å². The van der Waals surface area contributed by atoms with Crippen LogP contribution in [0.2, 0.25) is 0 Å². The minimum atomic E-state index is -0.225. The van der Waals surface area contributed by atoms with Gasteiger partial charge in [-0.3, -0.25) is 9.20 Å². The zero-order valence-corrected chi connectivity index (χ0v) is 14.4. The van der Waals surface area contributed by atoms with Gasteiger partial charge in [0.05, 0.1) is 13.2 Å². The van der Waals surface area contributed by atoms with Gasteiger partial charge in [0.2, 0.25) is 0 Å². The number of benzene rings is 1. The van der Waals surface area contributed by atoms with Gasteiger partial charge in [0.1, 0.15) is 23.8 Å². The van der Waals surface area contributed by atoms with Crippen molar-refractivity contribution in [1.82, 2.24) is 9.38 Å². The molecule has 0 bridgehead atoms. The molecule has 6 heteroatoms. The Bertz CT molecular complexity index is 859. The molecule has 1 aromatic carbocycles. The Balaban J connectivity index is 1.92. The number of imidazole rings is 1. The molecule has 0 spiro atoms. The van der Waals surface area contributed by atoms with Crippen LogP contribution in [0.1, 0.15) is 5.56 Å². The zero-order valence-electron chi connectivity index (χ0n) is 14.4. The quantitative estimate of drug-likeness (QED) is 0.672. The minimum absolute atomic E-state index is 0.0311. The Morgan fingerprint density at radius 3 is 2.72 bits per heavy atom. The highest BCUT2D eigenvalue weighted by atomic mass is 16.5. The first-order chi connectivity index (χ1) is 12.2. The highest BCUT2D eigenvalue weighted by Crippen LogP contribution is 2.29. The number of carbonyl (C=O) groups is 1. The fourth-order valence-electron chi connectivity index (χ4n) is 2.60.